The highest BCUT2D eigenvalue weighted by atomic mass is 16.2. The standard InChI is InChI=1S/C20H32N4O/c1-19(2)15-24(20(19,3)4)18(21-5)22-13-12-17(25)23(6)14-16-10-8-7-9-11-16/h7-11H,12-15H2,1-6H3,(H,21,22). The van der Waals surface area contributed by atoms with Crippen molar-refractivity contribution >= 4 is 11.9 Å². The number of likely N-dealkylation sites (tertiary alicyclic amines) is 1. The predicted octanol–water partition coefficient (Wildman–Crippen LogP) is 2.73. The number of rotatable bonds is 5. The molecule has 1 saturated heterocycles. The maximum atomic E-state index is 12.3. The van der Waals surface area contributed by atoms with E-state index in [2.05, 4.69) is 42.9 Å². The van der Waals surface area contributed by atoms with Crippen LogP contribution in [0.5, 0.6) is 0 Å². The second kappa shape index (κ2) is 7.46. The number of carbonyl (C=O) groups is 1. The van der Waals surface area contributed by atoms with Crippen LogP contribution in [0.15, 0.2) is 35.3 Å². The van der Waals surface area contributed by atoms with Gasteiger partial charge in [0.05, 0.1) is 0 Å². The third-order valence-corrected chi connectivity index (χ3v) is 5.66. The third-order valence-electron chi connectivity index (χ3n) is 5.66. The zero-order valence-corrected chi connectivity index (χ0v) is 16.5. The lowest BCUT2D eigenvalue weighted by molar-refractivity contribution is -0.130. The number of nitrogens with one attached hydrogen (secondary N) is 1. The lowest BCUT2D eigenvalue weighted by Gasteiger charge is -2.62. The number of nitrogens with zero attached hydrogens (tertiary/aromatic N) is 3. The SMILES string of the molecule is CN=C(NCCC(=O)N(C)Cc1ccccc1)N1CC(C)(C)C1(C)C. The normalized spacial score (nSPS) is 18.5. The van der Waals surface area contributed by atoms with Crippen molar-refractivity contribution in [2.24, 2.45) is 10.4 Å². The maximum Gasteiger partial charge on any atom is 0.224 e. The van der Waals surface area contributed by atoms with Crippen LogP contribution in [0.1, 0.15) is 39.7 Å². The summed E-state index contributed by atoms with van der Waals surface area (Å²) in [6, 6.07) is 10.1. The molecule has 1 aromatic rings. The Morgan fingerprint density at radius 1 is 1.24 bits per heavy atom. The van der Waals surface area contributed by atoms with E-state index < -0.39 is 0 Å². The Labute approximate surface area is 152 Å². The van der Waals surface area contributed by atoms with Crippen LogP contribution in [0.2, 0.25) is 0 Å². The van der Waals surface area contributed by atoms with E-state index in [4.69, 9.17) is 0 Å². The zero-order valence-electron chi connectivity index (χ0n) is 16.5. The minimum Gasteiger partial charge on any atom is -0.356 e. The smallest absolute Gasteiger partial charge is 0.224 e. The van der Waals surface area contributed by atoms with Crippen LogP contribution in [0, 0.1) is 5.41 Å². The molecule has 0 unspecified atom stereocenters. The number of hydrogen-bond donors (Lipinski definition) is 1. The van der Waals surface area contributed by atoms with Gasteiger partial charge < -0.3 is 15.1 Å². The summed E-state index contributed by atoms with van der Waals surface area (Å²) in [6.45, 7) is 11.2. The van der Waals surface area contributed by atoms with E-state index >= 15 is 0 Å². The van der Waals surface area contributed by atoms with Gasteiger partial charge in [-0.05, 0) is 19.4 Å². The van der Waals surface area contributed by atoms with Gasteiger partial charge in [-0.1, -0.05) is 44.2 Å². The summed E-state index contributed by atoms with van der Waals surface area (Å²) < 4.78 is 0. The van der Waals surface area contributed by atoms with E-state index in [0.717, 1.165) is 18.1 Å². The van der Waals surface area contributed by atoms with Crippen LogP contribution in [0.25, 0.3) is 0 Å². The van der Waals surface area contributed by atoms with Crippen LogP contribution >= 0.6 is 0 Å². The second-order valence-corrected chi connectivity index (χ2v) is 7.99. The van der Waals surface area contributed by atoms with Crippen LogP contribution in [-0.2, 0) is 11.3 Å². The fourth-order valence-corrected chi connectivity index (χ4v) is 3.11. The van der Waals surface area contributed by atoms with E-state index in [0.29, 0.717) is 19.5 Å². The molecule has 0 saturated carbocycles. The molecule has 1 aromatic carbocycles. The molecule has 2 rings (SSSR count). The minimum atomic E-state index is 0.0585. The first-order valence-electron chi connectivity index (χ1n) is 8.95. The summed E-state index contributed by atoms with van der Waals surface area (Å²) in [5, 5.41) is 3.34. The maximum absolute atomic E-state index is 12.3. The molecule has 138 valence electrons. The molecule has 1 fully saturated rings. The summed E-state index contributed by atoms with van der Waals surface area (Å²) in [5.41, 5.74) is 1.46. The molecular formula is C20H32N4O. The highest BCUT2D eigenvalue weighted by Crippen LogP contribution is 2.46. The van der Waals surface area contributed by atoms with Crippen molar-refractivity contribution in [1.29, 1.82) is 0 Å². The first-order valence-corrected chi connectivity index (χ1v) is 8.95. The van der Waals surface area contributed by atoms with Crippen molar-refractivity contribution < 1.29 is 4.79 Å². The molecule has 0 bridgehead atoms. The molecule has 0 radical (unpaired) electrons. The zero-order chi connectivity index (χ0) is 18.7. The Bertz CT molecular complexity index is 622. The Morgan fingerprint density at radius 3 is 2.40 bits per heavy atom. The van der Waals surface area contributed by atoms with E-state index in [-0.39, 0.29) is 16.9 Å². The third kappa shape index (κ3) is 4.14. The molecule has 0 spiro atoms. The summed E-state index contributed by atoms with van der Waals surface area (Å²) in [7, 11) is 3.65. The first-order chi connectivity index (χ1) is 11.7. The van der Waals surface area contributed by atoms with Crippen LogP contribution in [0.3, 0.4) is 0 Å². The Hall–Kier alpha value is -2.04. The molecular weight excluding hydrogens is 312 g/mol. The molecule has 5 heteroatoms. The first kappa shape index (κ1) is 19.3. The van der Waals surface area contributed by atoms with Gasteiger partial charge in [-0.3, -0.25) is 9.79 Å². The van der Waals surface area contributed by atoms with Crippen molar-refractivity contribution in [3.05, 3.63) is 35.9 Å². The molecule has 1 amide bonds. The van der Waals surface area contributed by atoms with Gasteiger partial charge in [-0.25, -0.2) is 0 Å². The Balaban J connectivity index is 1.80. The number of amides is 1. The highest BCUT2D eigenvalue weighted by molar-refractivity contribution is 5.83. The lowest BCUT2D eigenvalue weighted by atomic mass is 9.65. The van der Waals surface area contributed by atoms with Crippen molar-refractivity contribution in [1.82, 2.24) is 15.1 Å². The van der Waals surface area contributed by atoms with Gasteiger partial charge in [-0.15, -0.1) is 0 Å². The number of carbonyl (C=O) groups excluding carboxylic acids is 1. The average Bonchev–Trinajstić information content (AvgIpc) is 2.57. The van der Waals surface area contributed by atoms with Gasteiger partial charge in [0.1, 0.15) is 0 Å². The molecule has 1 aliphatic rings. The fraction of sp³-hybridized carbons (Fsp3) is 0.600. The van der Waals surface area contributed by atoms with Gasteiger partial charge in [0, 0.05) is 51.1 Å². The van der Waals surface area contributed by atoms with E-state index in [1.807, 2.05) is 37.4 Å². The van der Waals surface area contributed by atoms with Gasteiger partial charge in [0.2, 0.25) is 5.91 Å². The highest BCUT2D eigenvalue weighted by Gasteiger charge is 2.53. The second-order valence-electron chi connectivity index (χ2n) is 7.99. The Kier molecular flexibility index (Phi) is 5.76. The quantitative estimate of drug-likeness (QED) is 0.660. The van der Waals surface area contributed by atoms with Gasteiger partial charge in [-0.2, -0.15) is 0 Å². The summed E-state index contributed by atoms with van der Waals surface area (Å²) >= 11 is 0. The summed E-state index contributed by atoms with van der Waals surface area (Å²) in [4.78, 5) is 20.8. The molecule has 5 nitrogen and oxygen atoms in total. The number of benzene rings is 1. The van der Waals surface area contributed by atoms with E-state index in [1.54, 1.807) is 11.9 Å². The predicted molar refractivity (Wildman–Crippen MR) is 103 cm³/mol. The van der Waals surface area contributed by atoms with E-state index in [9.17, 15) is 4.79 Å². The number of guanidine groups is 1. The minimum absolute atomic E-state index is 0.0585. The van der Waals surface area contributed by atoms with Crippen molar-refractivity contribution in [3.8, 4) is 0 Å². The molecule has 1 N–H and O–H groups in total. The van der Waals surface area contributed by atoms with E-state index in [1.165, 1.54) is 0 Å². The van der Waals surface area contributed by atoms with Crippen LogP contribution < -0.4 is 5.32 Å². The van der Waals surface area contributed by atoms with Gasteiger partial charge >= 0.3 is 0 Å². The van der Waals surface area contributed by atoms with Gasteiger partial charge in [0.25, 0.3) is 0 Å². The monoisotopic (exact) mass is 344 g/mol. The van der Waals surface area contributed by atoms with Crippen molar-refractivity contribution in [2.45, 2.75) is 46.2 Å². The molecule has 25 heavy (non-hydrogen) atoms. The largest absolute Gasteiger partial charge is 0.356 e. The summed E-state index contributed by atoms with van der Waals surface area (Å²) in [6.07, 6.45) is 0.458. The van der Waals surface area contributed by atoms with Crippen molar-refractivity contribution in [3.63, 3.8) is 0 Å². The molecule has 0 aromatic heterocycles. The molecule has 1 aliphatic heterocycles. The van der Waals surface area contributed by atoms with Crippen LogP contribution in [0.4, 0.5) is 0 Å². The molecule has 1 heterocycles. The summed E-state index contributed by atoms with van der Waals surface area (Å²) in [5.74, 6) is 1.01. The molecule has 0 aliphatic carbocycles. The fourth-order valence-electron chi connectivity index (χ4n) is 3.11. The average molecular weight is 345 g/mol. The lowest BCUT2D eigenvalue weighted by Crippen LogP contribution is -2.72. The topological polar surface area (TPSA) is 47.9 Å². The van der Waals surface area contributed by atoms with Crippen molar-refractivity contribution in [2.75, 3.05) is 27.2 Å². The molecule has 0 atom stereocenters. The Morgan fingerprint density at radius 2 is 1.88 bits per heavy atom. The number of hydrogen-bond acceptors (Lipinski definition) is 2. The van der Waals surface area contributed by atoms with Gasteiger partial charge in [0.15, 0.2) is 5.96 Å². The number of aliphatic imine (C=N–C) groups is 1. The van der Waals surface area contributed by atoms with Crippen LogP contribution in [-0.4, -0.2) is 54.4 Å².